The number of hydrogen-bond donors (Lipinski definition) is 1. The SMILES string of the molecule is CC1(C)CN(C(=O)c2ccc(C(=O)O)nc2)CC(C)(C)O1. The Hall–Kier alpha value is -1.95. The van der Waals surface area contributed by atoms with Crippen LogP contribution in [0.5, 0.6) is 0 Å². The molecule has 1 N–H and O–H groups in total. The van der Waals surface area contributed by atoms with E-state index in [1.54, 1.807) is 4.90 Å². The summed E-state index contributed by atoms with van der Waals surface area (Å²) in [6.45, 7) is 8.74. The highest BCUT2D eigenvalue weighted by Gasteiger charge is 2.40. The van der Waals surface area contributed by atoms with Crippen LogP contribution in [0.2, 0.25) is 0 Å². The van der Waals surface area contributed by atoms with Gasteiger partial charge in [-0.3, -0.25) is 4.79 Å². The summed E-state index contributed by atoms with van der Waals surface area (Å²) >= 11 is 0. The van der Waals surface area contributed by atoms with E-state index in [9.17, 15) is 9.59 Å². The van der Waals surface area contributed by atoms with E-state index < -0.39 is 17.2 Å². The maximum Gasteiger partial charge on any atom is 0.354 e. The minimum atomic E-state index is -1.11. The van der Waals surface area contributed by atoms with Crippen molar-refractivity contribution in [2.45, 2.75) is 38.9 Å². The number of nitrogens with zero attached hydrogens (tertiary/aromatic N) is 2. The van der Waals surface area contributed by atoms with E-state index in [-0.39, 0.29) is 11.6 Å². The lowest BCUT2D eigenvalue weighted by molar-refractivity contribution is -0.171. The number of carbonyl (C=O) groups excluding carboxylic acids is 1. The lowest BCUT2D eigenvalue weighted by atomic mass is 9.98. The van der Waals surface area contributed by atoms with Gasteiger partial charge in [0, 0.05) is 19.3 Å². The number of carboxylic acid groups (broad SMARTS) is 1. The van der Waals surface area contributed by atoms with Crippen LogP contribution < -0.4 is 0 Å². The minimum Gasteiger partial charge on any atom is -0.477 e. The summed E-state index contributed by atoms with van der Waals surface area (Å²) in [6, 6.07) is 2.83. The molecule has 1 fully saturated rings. The third-order valence-electron chi connectivity index (χ3n) is 3.21. The van der Waals surface area contributed by atoms with Gasteiger partial charge in [-0.15, -0.1) is 0 Å². The smallest absolute Gasteiger partial charge is 0.354 e. The monoisotopic (exact) mass is 292 g/mol. The maximum atomic E-state index is 12.5. The van der Waals surface area contributed by atoms with E-state index in [2.05, 4.69) is 4.98 Å². The highest BCUT2D eigenvalue weighted by Crippen LogP contribution is 2.28. The van der Waals surface area contributed by atoms with Crippen LogP contribution in [0.1, 0.15) is 48.5 Å². The number of aromatic nitrogens is 1. The average Bonchev–Trinajstić information content (AvgIpc) is 2.34. The van der Waals surface area contributed by atoms with Gasteiger partial charge in [0.1, 0.15) is 5.69 Å². The molecular formula is C15H20N2O4. The van der Waals surface area contributed by atoms with E-state index >= 15 is 0 Å². The van der Waals surface area contributed by atoms with Crippen molar-refractivity contribution >= 4 is 11.9 Å². The first-order valence-electron chi connectivity index (χ1n) is 6.78. The molecule has 0 saturated carbocycles. The molecule has 114 valence electrons. The van der Waals surface area contributed by atoms with Crippen molar-refractivity contribution in [3.05, 3.63) is 29.6 Å². The lowest BCUT2D eigenvalue weighted by Gasteiger charge is -2.47. The highest BCUT2D eigenvalue weighted by atomic mass is 16.5. The molecule has 2 rings (SSSR count). The van der Waals surface area contributed by atoms with E-state index in [0.29, 0.717) is 18.7 Å². The summed E-state index contributed by atoms with van der Waals surface area (Å²) < 4.78 is 5.94. The van der Waals surface area contributed by atoms with E-state index in [0.717, 1.165) is 0 Å². The molecule has 0 aliphatic carbocycles. The fourth-order valence-electron chi connectivity index (χ4n) is 2.76. The van der Waals surface area contributed by atoms with Gasteiger partial charge in [0.25, 0.3) is 5.91 Å². The molecule has 1 aromatic rings. The fourth-order valence-corrected chi connectivity index (χ4v) is 2.76. The predicted octanol–water partition coefficient (Wildman–Crippen LogP) is 1.81. The molecule has 0 atom stereocenters. The van der Waals surface area contributed by atoms with Crippen molar-refractivity contribution in [2.75, 3.05) is 13.1 Å². The Morgan fingerprint density at radius 2 is 1.76 bits per heavy atom. The van der Waals surface area contributed by atoms with Gasteiger partial charge in [-0.2, -0.15) is 0 Å². The molecule has 6 heteroatoms. The molecule has 0 unspecified atom stereocenters. The normalized spacial score (nSPS) is 20.1. The van der Waals surface area contributed by atoms with Crippen molar-refractivity contribution < 1.29 is 19.4 Å². The molecule has 0 aromatic carbocycles. The Morgan fingerprint density at radius 1 is 1.19 bits per heavy atom. The van der Waals surface area contributed by atoms with Crippen LogP contribution in [0.4, 0.5) is 0 Å². The maximum absolute atomic E-state index is 12.5. The van der Waals surface area contributed by atoms with Crippen LogP contribution in [-0.2, 0) is 4.74 Å². The van der Waals surface area contributed by atoms with Crippen molar-refractivity contribution in [2.24, 2.45) is 0 Å². The van der Waals surface area contributed by atoms with Crippen molar-refractivity contribution in [3.8, 4) is 0 Å². The zero-order valence-electron chi connectivity index (χ0n) is 12.7. The standard InChI is InChI=1S/C15H20N2O4/c1-14(2)8-17(9-15(3,4)21-14)12(18)10-5-6-11(13(19)20)16-7-10/h5-7H,8-9H2,1-4H3,(H,19,20). The second-order valence-electron chi connectivity index (χ2n) is 6.52. The molecule has 0 bridgehead atoms. The Bertz CT molecular complexity index is 548. The molecular weight excluding hydrogens is 272 g/mol. The van der Waals surface area contributed by atoms with Crippen molar-refractivity contribution in [1.29, 1.82) is 0 Å². The Morgan fingerprint density at radius 3 is 2.19 bits per heavy atom. The first kappa shape index (κ1) is 15.4. The second-order valence-corrected chi connectivity index (χ2v) is 6.52. The predicted molar refractivity (Wildman–Crippen MR) is 76.3 cm³/mol. The molecule has 1 aromatic heterocycles. The molecule has 6 nitrogen and oxygen atoms in total. The number of ether oxygens (including phenoxy) is 1. The number of pyridine rings is 1. The van der Waals surface area contributed by atoms with Crippen molar-refractivity contribution in [3.63, 3.8) is 0 Å². The Balaban J connectivity index is 2.21. The number of rotatable bonds is 2. The van der Waals surface area contributed by atoms with Crippen molar-refractivity contribution in [1.82, 2.24) is 9.88 Å². The molecule has 1 aliphatic heterocycles. The van der Waals surface area contributed by atoms with Gasteiger partial charge in [-0.1, -0.05) is 0 Å². The molecule has 1 aliphatic rings. The van der Waals surface area contributed by atoms with E-state index in [4.69, 9.17) is 9.84 Å². The van der Waals surface area contributed by atoms with Gasteiger partial charge in [0.15, 0.2) is 0 Å². The van der Waals surface area contributed by atoms with Crippen LogP contribution in [-0.4, -0.2) is 51.2 Å². The zero-order chi connectivity index (χ0) is 15.8. The third-order valence-corrected chi connectivity index (χ3v) is 3.21. The Labute approximate surface area is 123 Å². The molecule has 1 saturated heterocycles. The molecule has 0 radical (unpaired) electrons. The first-order chi connectivity index (χ1) is 9.60. The number of carbonyl (C=O) groups is 2. The van der Waals surface area contributed by atoms with Crippen LogP contribution in [0.15, 0.2) is 18.3 Å². The summed E-state index contributed by atoms with van der Waals surface area (Å²) in [5.41, 5.74) is -0.541. The quantitative estimate of drug-likeness (QED) is 0.899. The molecule has 0 spiro atoms. The fraction of sp³-hybridized carbons (Fsp3) is 0.533. The lowest BCUT2D eigenvalue weighted by Crippen LogP contribution is -2.58. The molecule has 21 heavy (non-hydrogen) atoms. The zero-order valence-corrected chi connectivity index (χ0v) is 12.7. The molecule has 1 amide bonds. The van der Waals surface area contributed by atoms with Crippen LogP contribution in [0.3, 0.4) is 0 Å². The summed E-state index contributed by atoms with van der Waals surface area (Å²) in [7, 11) is 0. The highest BCUT2D eigenvalue weighted by molar-refractivity contribution is 5.95. The first-order valence-corrected chi connectivity index (χ1v) is 6.78. The third kappa shape index (κ3) is 3.58. The second kappa shape index (κ2) is 5.11. The van der Waals surface area contributed by atoms with Gasteiger partial charge >= 0.3 is 5.97 Å². The average molecular weight is 292 g/mol. The van der Waals surface area contributed by atoms with Gasteiger partial charge in [0.2, 0.25) is 0 Å². The van der Waals surface area contributed by atoms with Gasteiger partial charge < -0.3 is 14.7 Å². The van der Waals surface area contributed by atoms with Crippen LogP contribution in [0, 0.1) is 0 Å². The van der Waals surface area contributed by atoms with Gasteiger partial charge in [-0.05, 0) is 39.8 Å². The topological polar surface area (TPSA) is 79.7 Å². The number of aromatic carboxylic acids is 1. The number of morpholine rings is 1. The van der Waals surface area contributed by atoms with Gasteiger partial charge in [0.05, 0.1) is 16.8 Å². The van der Waals surface area contributed by atoms with Crippen LogP contribution >= 0.6 is 0 Å². The largest absolute Gasteiger partial charge is 0.477 e. The van der Waals surface area contributed by atoms with E-state index in [1.807, 2.05) is 27.7 Å². The number of carboxylic acids is 1. The number of amides is 1. The summed E-state index contributed by atoms with van der Waals surface area (Å²) in [6.07, 6.45) is 1.31. The Kier molecular flexibility index (Phi) is 3.76. The minimum absolute atomic E-state index is 0.0748. The summed E-state index contributed by atoms with van der Waals surface area (Å²) in [5.74, 6) is -1.27. The van der Waals surface area contributed by atoms with Gasteiger partial charge in [-0.25, -0.2) is 9.78 Å². The summed E-state index contributed by atoms with van der Waals surface area (Å²) in [4.78, 5) is 28.8. The van der Waals surface area contributed by atoms with E-state index in [1.165, 1.54) is 18.3 Å². The summed E-state index contributed by atoms with van der Waals surface area (Å²) in [5, 5.41) is 8.83. The number of hydrogen-bond acceptors (Lipinski definition) is 4. The van der Waals surface area contributed by atoms with Crippen LogP contribution in [0.25, 0.3) is 0 Å². The molecule has 2 heterocycles.